The molecule has 17 heavy (non-hydrogen) atoms. The van der Waals surface area contributed by atoms with Gasteiger partial charge in [-0.2, -0.15) is 0 Å². The molecule has 0 aliphatic rings. The average molecular weight is 311 g/mol. The lowest BCUT2D eigenvalue weighted by Gasteiger charge is -2.07. The van der Waals surface area contributed by atoms with Crippen molar-refractivity contribution in [2.75, 3.05) is 7.11 Å². The maximum Gasteiger partial charge on any atom is 0.119 e. The Hall–Kier alpha value is -0.990. The molecule has 0 amide bonds. The first-order valence-electron chi connectivity index (χ1n) is 5.13. The Bertz CT molecular complexity index is 508. The van der Waals surface area contributed by atoms with Gasteiger partial charge in [0.25, 0.3) is 0 Å². The summed E-state index contributed by atoms with van der Waals surface area (Å²) in [4.78, 5) is 0. The minimum Gasteiger partial charge on any atom is -0.497 e. The quantitative estimate of drug-likeness (QED) is 0.797. The molecule has 87 valence electrons. The highest BCUT2D eigenvalue weighted by Crippen LogP contribution is 2.26. The third-order valence-electron chi connectivity index (χ3n) is 2.40. The van der Waals surface area contributed by atoms with E-state index in [4.69, 9.17) is 16.3 Å². The summed E-state index contributed by atoms with van der Waals surface area (Å²) < 4.78 is 6.24. The summed E-state index contributed by atoms with van der Waals surface area (Å²) in [5.74, 6) is 0.841. The molecule has 2 aromatic carbocycles. The van der Waals surface area contributed by atoms with Gasteiger partial charge in [0, 0.05) is 15.9 Å². The summed E-state index contributed by atoms with van der Waals surface area (Å²) >= 11 is 9.37. The maximum atomic E-state index is 5.85. The van der Waals surface area contributed by atoms with Gasteiger partial charge in [-0.15, -0.1) is 0 Å². The predicted molar refractivity (Wildman–Crippen MR) is 74.7 cm³/mol. The summed E-state index contributed by atoms with van der Waals surface area (Å²) in [6, 6.07) is 13.6. The van der Waals surface area contributed by atoms with Crippen molar-refractivity contribution in [2.45, 2.75) is 0 Å². The SMILES string of the molecule is COc1ccc(Br)c([CH]c2ccc(Cl)cc2)c1. The number of methoxy groups -OCH3 is 1. The second kappa shape index (κ2) is 5.56. The molecule has 0 aromatic heterocycles. The van der Waals surface area contributed by atoms with Crippen LogP contribution >= 0.6 is 27.5 Å². The number of hydrogen-bond donors (Lipinski definition) is 0. The molecular weight excluding hydrogens is 300 g/mol. The summed E-state index contributed by atoms with van der Waals surface area (Å²) in [6.45, 7) is 0. The van der Waals surface area contributed by atoms with Crippen LogP contribution in [0.15, 0.2) is 46.9 Å². The van der Waals surface area contributed by atoms with Gasteiger partial charge in [-0.25, -0.2) is 0 Å². The first kappa shape index (κ1) is 12.5. The lowest BCUT2D eigenvalue weighted by molar-refractivity contribution is 0.414. The maximum absolute atomic E-state index is 5.85. The first-order valence-corrected chi connectivity index (χ1v) is 6.30. The molecule has 0 atom stereocenters. The predicted octanol–water partition coefficient (Wildman–Crippen LogP) is 4.71. The topological polar surface area (TPSA) is 9.23 Å². The first-order chi connectivity index (χ1) is 8.19. The van der Waals surface area contributed by atoms with Crippen molar-refractivity contribution in [3.8, 4) is 5.75 Å². The lowest BCUT2D eigenvalue weighted by Crippen LogP contribution is -1.89. The van der Waals surface area contributed by atoms with Crippen molar-refractivity contribution in [1.82, 2.24) is 0 Å². The molecule has 0 bridgehead atoms. The van der Waals surface area contributed by atoms with Gasteiger partial charge < -0.3 is 4.74 Å². The average Bonchev–Trinajstić information content (AvgIpc) is 2.35. The van der Waals surface area contributed by atoms with Crippen molar-refractivity contribution in [1.29, 1.82) is 0 Å². The number of hydrogen-bond acceptors (Lipinski definition) is 1. The summed E-state index contributed by atoms with van der Waals surface area (Å²) in [5.41, 5.74) is 2.18. The van der Waals surface area contributed by atoms with Gasteiger partial charge in [-0.1, -0.05) is 39.7 Å². The third kappa shape index (κ3) is 3.24. The van der Waals surface area contributed by atoms with E-state index < -0.39 is 0 Å². The Morgan fingerprint density at radius 3 is 2.47 bits per heavy atom. The van der Waals surface area contributed by atoms with Gasteiger partial charge in [-0.05, 0) is 41.5 Å². The van der Waals surface area contributed by atoms with Crippen LogP contribution in [0.25, 0.3) is 0 Å². The second-order valence-electron chi connectivity index (χ2n) is 3.58. The fourth-order valence-corrected chi connectivity index (χ4v) is 1.99. The Kier molecular flexibility index (Phi) is 4.08. The Morgan fingerprint density at radius 1 is 1.12 bits per heavy atom. The second-order valence-corrected chi connectivity index (χ2v) is 4.87. The Labute approximate surface area is 115 Å². The fourth-order valence-electron chi connectivity index (χ4n) is 1.50. The molecule has 0 aliphatic heterocycles. The van der Waals surface area contributed by atoms with E-state index in [0.29, 0.717) is 0 Å². The molecule has 1 nitrogen and oxygen atoms in total. The minimum atomic E-state index is 0.742. The molecule has 1 radical (unpaired) electrons. The van der Waals surface area contributed by atoms with Crippen LogP contribution in [0, 0.1) is 6.42 Å². The van der Waals surface area contributed by atoms with Gasteiger partial charge >= 0.3 is 0 Å². The van der Waals surface area contributed by atoms with Crippen molar-refractivity contribution < 1.29 is 4.74 Å². The number of ether oxygens (including phenoxy) is 1. The molecule has 0 N–H and O–H groups in total. The Balaban J connectivity index is 2.25. The van der Waals surface area contributed by atoms with E-state index in [9.17, 15) is 0 Å². The summed E-state index contributed by atoms with van der Waals surface area (Å²) in [6.07, 6.45) is 2.07. The normalized spacial score (nSPS) is 10.3. The van der Waals surface area contributed by atoms with Crippen LogP contribution in [-0.4, -0.2) is 7.11 Å². The molecular formula is C14H11BrClO. The van der Waals surface area contributed by atoms with E-state index in [1.807, 2.05) is 42.5 Å². The van der Waals surface area contributed by atoms with Crippen LogP contribution < -0.4 is 4.74 Å². The van der Waals surface area contributed by atoms with E-state index in [1.165, 1.54) is 0 Å². The lowest BCUT2D eigenvalue weighted by atomic mass is 10.1. The van der Waals surface area contributed by atoms with Crippen LogP contribution in [0.5, 0.6) is 5.75 Å². The van der Waals surface area contributed by atoms with Crippen molar-refractivity contribution in [3.05, 3.63) is 69.5 Å². The van der Waals surface area contributed by atoms with Gasteiger partial charge in [-0.3, -0.25) is 0 Å². The Morgan fingerprint density at radius 2 is 1.82 bits per heavy atom. The van der Waals surface area contributed by atoms with Crippen LogP contribution in [0.4, 0.5) is 0 Å². The molecule has 2 rings (SSSR count). The van der Waals surface area contributed by atoms with Crippen molar-refractivity contribution >= 4 is 27.5 Å². The van der Waals surface area contributed by atoms with Gasteiger partial charge in [0.15, 0.2) is 0 Å². The molecule has 3 heteroatoms. The number of benzene rings is 2. The molecule has 0 aliphatic carbocycles. The molecule has 0 heterocycles. The highest BCUT2D eigenvalue weighted by molar-refractivity contribution is 9.10. The van der Waals surface area contributed by atoms with E-state index in [-0.39, 0.29) is 0 Å². The van der Waals surface area contributed by atoms with Crippen molar-refractivity contribution in [3.63, 3.8) is 0 Å². The zero-order valence-electron chi connectivity index (χ0n) is 9.28. The highest BCUT2D eigenvalue weighted by Gasteiger charge is 2.04. The van der Waals surface area contributed by atoms with Crippen LogP contribution in [0.2, 0.25) is 5.02 Å². The monoisotopic (exact) mass is 309 g/mol. The minimum absolute atomic E-state index is 0.742. The molecule has 2 aromatic rings. The smallest absolute Gasteiger partial charge is 0.119 e. The van der Waals surface area contributed by atoms with Gasteiger partial charge in [0.2, 0.25) is 0 Å². The zero-order valence-corrected chi connectivity index (χ0v) is 11.6. The van der Waals surface area contributed by atoms with Crippen molar-refractivity contribution in [2.24, 2.45) is 0 Å². The van der Waals surface area contributed by atoms with Crippen LogP contribution in [0.3, 0.4) is 0 Å². The zero-order chi connectivity index (χ0) is 12.3. The fraction of sp³-hybridized carbons (Fsp3) is 0.0714. The summed E-state index contributed by atoms with van der Waals surface area (Å²) in [7, 11) is 1.66. The molecule has 0 spiro atoms. The molecule has 0 saturated carbocycles. The summed E-state index contributed by atoms with van der Waals surface area (Å²) in [5, 5.41) is 0.742. The number of halogens is 2. The third-order valence-corrected chi connectivity index (χ3v) is 3.37. The van der Waals surface area contributed by atoms with Gasteiger partial charge in [0.1, 0.15) is 5.75 Å². The molecule has 0 unspecified atom stereocenters. The van der Waals surface area contributed by atoms with Crippen LogP contribution in [0.1, 0.15) is 11.1 Å². The van der Waals surface area contributed by atoms with E-state index >= 15 is 0 Å². The van der Waals surface area contributed by atoms with E-state index in [0.717, 1.165) is 26.4 Å². The molecule has 0 fully saturated rings. The van der Waals surface area contributed by atoms with E-state index in [2.05, 4.69) is 22.4 Å². The van der Waals surface area contributed by atoms with E-state index in [1.54, 1.807) is 7.11 Å². The highest BCUT2D eigenvalue weighted by atomic mass is 79.9. The molecule has 0 saturated heterocycles. The van der Waals surface area contributed by atoms with Crippen LogP contribution in [-0.2, 0) is 0 Å². The largest absolute Gasteiger partial charge is 0.497 e. The number of rotatable bonds is 3. The standard InChI is InChI=1S/C14H11BrClO/c1-17-13-6-7-14(15)11(9-13)8-10-2-4-12(16)5-3-10/h2-9H,1H3. The van der Waals surface area contributed by atoms with Gasteiger partial charge in [0.05, 0.1) is 7.11 Å².